The fourth-order valence-electron chi connectivity index (χ4n) is 6.20. The minimum Gasteiger partial charge on any atom is -0.497 e. The molecule has 40 heavy (non-hydrogen) atoms. The Hall–Kier alpha value is -4.62. The van der Waals surface area contributed by atoms with Crippen LogP contribution in [0.4, 0.5) is 11.4 Å². The van der Waals surface area contributed by atoms with E-state index in [1.807, 2.05) is 13.8 Å². The highest BCUT2D eigenvalue weighted by atomic mass is 16.5. The molecule has 1 aliphatic carbocycles. The van der Waals surface area contributed by atoms with Gasteiger partial charge < -0.3 is 20.7 Å². The van der Waals surface area contributed by atoms with Crippen molar-refractivity contribution in [3.63, 3.8) is 0 Å². The number of allylic oxidation sites excluding steroid dienone is 1. The van der Waals surface area contributed by atoms with Crippen molar-refractivity contribution in [2.75, 3.05) is 38.0 Å². The summed E-state index contributed by atoms with van der Waals surface area (Å²) in [4.78, 5) is 43.2. The lowest BCUT2D eigenvalue weighted by molar-refractivity contribution is -0.126. The van der Waals surface area contributed by atoms with Crippen LogP contribution >= 0.6 is 0 Å². The number of nitrogens with one attached hydrogen (secondary N) is 1. The number of fused-ring (bicyclic) bond motifs is 3. The SMILES string of the molecule is COc1cccc(NC(=O)CN2C(=O)[C@@]3(C(C#N)=C(N)N(N(C)C)C4=C3C(=O)CC(C)(C)C4)c3ccccc32)c1. The predicted molar refractivity (Wildman–Crippen MR) is 149 cm³/mol. The number of rotatable bonds is 5. The second-order valence-electron chi connectivity index (χ2n) is 11.2. The summed E-state index contributed by atoms with van der Waals surface area (Å²) in [5.41, 5.74) is 6.77. The number of Topliss-reactive ketones (excluding diaryl/α,β-unsaturated/α-hetero) is 1. The van der Waals surface area contributed by atoms with Crippen LogP contribution in [-0.4, -0.2) is 55.4 Å². The van der Waals surface area contributed by atoms with Crippen molar-refractivity contribution in [2.45, 2.75) is 32.1 Å². The molecule has 0 aromatic heterocycles. The van der Waals surface area contributed by atoms with Gasteiger partial charge in [0.05, 0.1) is 12.7 Å². The Morgan fingerprint density at radius 3 is 2.55 bits per heavy atom. The molecule has 3 N–H and O–H groups in total. The van der Waals surface area contributed by atoms with Crippen molar-refractivity contribution < 1.29 is 19.1 Å². The average molecular weight is 541 g/mol. The van der Waals surface area contributed by atoms with E-state index in [1.54, 1.807) is 72.6 Å². The van der Waals surface area contributed by atoms with Gasteiger partial charge in [0.25, 0.3) is 0 Å². The summed E-state index contributed by atoms with van der Waals surface area (Å²) >= 11 is 0. The van der Waals surface area contributed by atoms with Crippen molar-refractivity contribution in [3.8, 4) is 11.8 Å². The number of hydrazine groups is 1. The molecule has 0 saturated carbocycles. The summed E-state index contributed by atoms with van der Waals surface area (Å²) in [6, 6.07) is 16.1. The maximum Gasteiger partial charge on any atom is 0.248 e. The zero-order valence-electron chi connectivity index (χ0n) is 23.2. The van der Waals surface area contributed by atoms with E-state index in [0.29, 0.717) is 34.8 Å². The average Bonchev–Trinajstić information content (AvgIpc) is 3.11. The third-order valence-electron chi connectivity index (χ3n) is 7.67. The van der Waals surface area contributed by atoms with Crippen LogP contribution < -0.4 is 20.7 Å². The van der Waals surface area contributed by atoms with Gasteiger partial charge in [-0.3, -0.25) is 19.4 Å². The Kier molecular flexibility index (Phi) is 6.43. The number of nitrogens with two attached hydrogens (primary N) is 1. The Labute approximate surface area is 233 Å². The van der Waals surface area contributed by atoms with E-state index in [0.717, 1.165) is 0 Å². The third kappa shape index (κ3) is 3.93. The minimum absolute atomic E-state index is 0.0267. The van der Waals surface area contributed by atoms with Gasteiger partial charge in [0.1, 0.15) is 29.6 Å². The number of para-hydroxylation sites is 1. The third-order valence-corrected chi connectivity index (χ3v) is 7.67. The Bertz CT molecular complexity index is 1550. The summed E-state index contributed by atoms with van der Waals surface area (Å²) in [6.07, 6.45) is 0.679. The molecule has 2 heterocycles. The molecule has 2 aromatic rings. The minimum atomic E-state index is -1.75. The van der Waals surface area contributed by atoms with E-state index in [-0.39, 0.29) is 41.1 Å². The number of anilines is 2. The summed E-state index contributed by atoms with van der Waals surface area (Å²) < 4.78 is 5.24. The fourth-order valence-corrected chi connectivity index (χ4v) is 6.20. The van der Waals surface area contributed by atoms with Crippen molar-refractivity contribution in [1.29, 1.82) is 5.26 Å². The molecule has 0 radical (unpaired) electrons. The molecule has 5 rings (SSSR count). The number of benzene rings is 2. The van der Waals surface area contributed by atoms with Gasteiger partial charge in [0.2, 0.25) is 11.8 Å². The molecule has 3 aliphatic rings. The van der Waals surface area contributed by atoms with Crippen LogP contribution in [0, 0.1) is 16.7 Å². The lowest BCUT2D eigenvalue weighted by atomic mass is 9.61. The van der Waals surface area contributed by atoms with Crippen LogP contribution in [-0.2, 0) is 19.8 Å². The second-order valence-corrected chi connectivity index (χ2v) is 11.2. The van der Waals surface area contributed by atoms with E-state index in [9.17, 15) is 19.6 Å². The molecule has 0 unspecified atom stereocenters. The van der Waals surface area contributed by atoms with Gasteiger partial charge in [-0.25, -0.2) is 5.01 Å². The maximum atomic E-state index is 14.6. The first-order chi connectivity index (χ1) is 19.0. The second kappa shape index (κ2) is 9.54. The van der Waals surface area contributed by atoms with E-state index in [2.05, 4.69) is 11.4 Å². The van der Waals surface area contributed by atoms with Crippen molar-refractivity contribution in [2.24, 2.45) is 11.1 Å². The number of ketones is 1. The van der Waals surface area contributed by atoms with Gasteiger partial charge in [0.15, 0.2) is 5.78 Å². The lowest BCUT2D eigenvalue weighted by Crippen LogP contribution is -2.56. The molecule has 206 valence electrons. The van der Waals surface area contributed by atoms with Gasteiger partial charge >= 0.3 is 0 Å². The lowest BCUT2D eigenvalue weighted by Gasteiger charge is -2.48. The number of hydrogen-bond donors (Lipinski definition) is 2. The zero-order valence-corrected chi connectivity index (χ0v) is 23.2. The number of ether oxygens (including phenoxy) is 1. The molecule has 10 heteroatoms. The van der Waals surface area contributed by atoms with Crippen LogP contribution in [0.15, 0.2) is 71.2 Å². The Morgan fingerprint density at radius 2 is 1.88 bits per heavy atom. The molecule has 1 spiro atoms. The highest BCUT2D eigenvalue weighted by molar-refractivity contribution is 6.21. The molecular formula is C30H32N6O4. The highest BCUT2D eigenvalue weighted by Gasteiger charge is 2.63. The normalized spacial score (nSPS) is 21.5. The molecule has 10 nitrogen and oxygen atoms in total. The number of carbonyl (C=O) groups excluding carboxylic acids is 3. The predicted octanol–water partition coefficient (Wildman–Crippen LogP) is 3.05. The summed E-state index contributed by atoms with van der Waals surface area (Å²) in [6.45, 7) is 3.66. The molecule has 0 saturated heterocycles. The molecule has 1 atom stereocenters. The number of carbonyl (C=O) groups is 3. The van der Waals surface area contributed by atoms with Gasteiger partial charge in [-0.05, 0) is 30.0 Å². The highest BCUT2D eigenvalue weighted by Crippen LogP contribution is 2.57. The van der Waals surface area contributed by atoms with E-state index < -0.39 is 17.2 Å². The summed E-state index contributed by atoms with van der Waals surface area (Å²) in [5, 5.41) is 16.7. The van der Waals surface area contributed by atoms with E-state index in [1.165, 1.54) is 12.0 Å². The first kappa shape index (κ1) is 27.0. The smallest absolute Gasteiger partial charge is 0.248 e. The Balaban J connectivity index is 1.67. The van der Waals surface area contributed by atoms with Crippen molar-refractivity contribution in [3.05, 3.63) is 76.8 Å². The fraction of sp³-hybridized carbons (Fsp3) is 0.333. The first-order valence-electron chi connectivity index (χ1n) is 13.0. The molecule has 2 amide bonds. The van der Waals surface area contributed by atoms with Crippen LogP contribution in [0.3, 0.4) is 0 Å². The molecule has 2 aromatic carbocycles. The van der Waals surface area contributed by atoms with Gasteiger partial charge in [-0.15, -0.1) is 0 Å². The van der Waals surface area contributed by atoms with Crippen LogP contribution in [0.2, 0.25) is 0 Å². The van der Waals surface area contributed by atoms with Crippen LogP contribution in [0.5, 0.6) is 5.75 Å². The number of hydrogen-bond acceptors (Lipinski definition) is 8. The van der Waals surface area contributed by atoms with Gasteiger partial charge in [-0.1, -0.05) is 38.1 Å². The number of nitriles is 1. The maximum absolute atomic E-state index is 14.6. The number of amides is 2. The van der Waals surface area contributed by atoms with Crippen LogP contribution in [0.25, 0.3) is 0 Å². The number of nitrogens with zero attached hydrogens (tertiary/aromatic N) is 4. The number of methoxy groups -OCH3 is 1. The molecule has 2 aliphatic heterocycles. The summed E-state index contributed by atoms with van der Waals surface area (Å²) in [7, 11) is 5.08. The summed E-state index contributed by atoms with van der Waals surface area (Å²) in [5.74, 6) is -0.552. The standard InChI is InChI=1S/C30H32N6O4/c1-29(2)14-23-26(24(37)15-29)30(21(16-31)27(32)36(23)34(3)4)20-11-6-7-12-22(20)35(28(30)39)17-25(38)33-18-9-8-10-19(13-18)40-5/h6-13H,14-15,17,32H2,1-5H3,(H,33,38)/t30-/m1/s1. The topological polar surface area (TPSA) is 132 Å². The Morgan fingerprint density at radius 1 is 1.15 bits per heavy atom. The first-order valence-corrected chi connectivity index (χ1v) is 13.0. The van der Waals surface area contributed by atoms with Gasteiger partial charge in [-0.2, -0.15) is 5.26 Å². The molecular weight excluding hydrogens is 508 g/mol. The largest absolute Gasteiger partial charge is 0.497 e. The molecule has 0 fully saturated rings. The van der Waals surface area contributed by atoms with Crippen molar-refractivity contribution >= 4 is 29.0 Å². The van der Waals surface area contributed by atoms with E-state index in [4.69, 9.17) is 10.5 Å². The van der Waals surface area contributed by atoms with E-state index >= 15 is 0 Å². The van der Waals surface area contributed by atoms with Crippen LogP contribution in [0.1, 0.15) is 32.3 Å². The monoisotopic (exact) mass is 540 g/mol. The zero-order chi connectivity index (χ0) is 29.0. The quantitative estimate of drug-likeness (QED) is 0.592. The van der Waals surface area contributed by atoms with Gasteiger partial charge in [0, 0.05) is 54.8 Å². The van der Waals surface area contributed by atoms with Crippen molar-refractivity contribution in [1.82, 2.24) is 10.0 Å². The molecule has 0 bridgehead atoms.